The molecular weight excluding hydrogens is 240 g/mol. The van der Waals surface area contributed by atoms with Gasteiger partial charge in [-0.1, -0.05) is 30.7 Å². The van der Waals surface area contributed by atoms with Gasteiger partial charge in [-0.05, 0) is 37.7 Å². The summed E-state index contributed by atoms with van der Waals surface area (Å²) in [6.45, 7) is 1.94. The fourth-order valence-electron chi connectivity index (χ4n) is 2.96. The van der Waals surface area contributed by atoms with Gasteiger partial charge in [0, 0.05) is 12.0 Å². The number of carbonyl (C=O) groups excluding carboxylic acids is 1. The number of carbonyl (C=O) groups is 2. The molecule has 0 unspecified atom stereocenters. The zero-order valence-electron chi connectivity index (χ0n) is 11.3. The Morgan fingerprint density at radius 3 is 2.68 bits per heavy atom. The molecule has 19 heavy (non-hydrogen) atoms. The predicted octanol–water partition coefficient (Wildman–Crippen LogP) is 3.46. The van der Waals surface area contributed by atoms with Crippen LogP contribution in [0.15, 0.2) is 24.3 Å². The Labute approximate surface area is 113 Å². The molecule has 1 aliphatic carbocycles. The van der Waals surface area contributed by atoms with Crippen molar-refractivity contribution in [2.75, 3.05) is 0 Å². The molecule has 1 aliphatic rings. The summed E-state index contributed by atoms with van der Waals surface area (Å²) in [5.41, 5.74) is 1.78. The third-order valence-electron chi connectivity index (χ3n) is 4.05. The maximum Gasteiger partial charge on any atom is 0.306 e. The van der Waals surface area contributed by atoms with Crippen LogP contribution >= 0.6 is 0 Å². The quantitative estimate of drug-likeness (QED) is 0.843. The Morgan fingerprint density at radius 2 is 2.00 bits per heavy atom. The van der Waals surface area contributed by atoms with Gasteiger partial charge in [-0.25, -0.2) is 0 Å². The van der Waals surface area contributed by atoms with Crippen LogP contribution in [0.5, 0.6) is 0 Å². The van der Waals surface area contributed by atoms with Crippen molar-refractivity contribution in [1.29, 1.82) is 0 Å². The third-order valence-corrected chi connectivity index (χ3v) is 4.05. The Hall–Kier alpha value is -1.64. The molecule has 0 bridgehead atoms. The van der Waals surface area contributed by atoms with E-state index in [9.17, 15) is 9.59 Å². The van der Waals surface area contributed by atoms with E-state index in [0.29, 0.717) is 12.8 Å². The summed E-state index contributed by atoms with van der Waals surface area (Å²) in [6.07, 6.45) is 3.77. The van der Waals surface area contributed by atoms with Gasteiger partial charge in [-0.15, -0.1) is 0 Å². The highest BCUT2D eigenvalue weighted by Gasteiger charge is 2.28. The summed E-state index contributed by atoms with van der Waals surface area (Å²) >= 11 is 0. The Bertz CT molecular complexity index is 479. The number of Topliss-reactive ketones (excluding diaryl/α,β-unsaturated/α-hetero) is 1. The van der Waals surface area contributed by atoms with Gasteiger partial charge in [0.15, 0.2) is 5.78 Å². The summed E-state index contributed by atoms with van der Waals surface area (Å²) in [5, 5.41) is 9.07. The second-order valence-corrected chi connectivity index (χ2v) is 5.51. The van der Waals surface area contributed by atoms with E-state index in [1.807, 2.05) is 31.2 Å². The molecule has 1 saturated carbocycles. The Kier molecular flexibility index (Phi) is 4.35. The minimum absolute atomic E-state index is 0.147. The molecule has 0 amide bonds. The number of benzene rings is 1. The van der Waals surface area contributed by atoms with Crippen LogP contribution < -0.4 is 0 Å². The topological polar surface area (TPSA) is 54.4 Å². The molecule has 0 aromatic heterocycles. The van der Waals surface area contributed by atoms with Crippen LogP contribution in [0.3, 0.4) is 0 Å². The second kappa shape index (κ2) is 6.00. The van der Waals surface area contributed by atoms with Crippen LogP contribution in [-0.2, 0) is 4.79 Å². The fourth-order valence-corrected chi connectivity index (χ4v) is 2.96. The summed E-state index contributed by atoms with van der Waals surface area (Å²) in [7, 11) is 0. The number of aliphatic carboxylic acids is 1. The number of rotatable bonds is 4. The molecule has 0 spiro atoms. The van der Waals surface area contributed by atoms with Crippen molar-refractivity contribution in [1.82, 2.24) is 0 Å². The average Bonchev–Trinajstić information content (AvgIpc) is 2.39. The number of carboxylic acids is 1. The average molecular weight is 260 g/mol. The highest BCUT2D eigenvalue weighted by atomic mass is 16.4. The molecule has 3 heteroatoms. The van der Waals surface area contributed by atoms with Gasteiger partial charge in [0.05, 0.1) is 5.92 Å². The second-order valence-electron chi connectivity index (χ2n) is 5.51. The van der Waals surface area contributed by atoms with Crippen molar-refractivity contribution in [3.8, 4) is 0 Å². The first-order chi connectivity index (χ1) is 9.08. The van der Waals surface area contributed by atoms with Gasteiger partial charge in [0.1, 0.15) is 0 Å². The normalized spacial score (nSPS) is 23.0. The first-order valence-electron chi connectivity index (χ1n) is 6.89. The number of carboxylic acid groups (broad SMARTS) is 1. The summed E-state index contributed by atoms with van der Waals surface area (Å²) in [6, 6.07) is 7.59. The summed E-state index contributed by atoms with van der Waals surface area (Å²) in [4.78, 5) is 23.3. The molecule has 1 aromatic carbocycles. The molecule has 1 aromatic rings. The first-order valence-corrected chi connectivity index (χ1v) is 6.89. The van der Waals surface area contributed by atoms with E-state index in [1.54, 1.807) is 0 Å². The van der Waals surface area contributed by atoms with E-state index >= 15 is 0 Å². The lowest BCUT2D eigenvalue weighted by Gasteiger charge is -2.26. The van der Waals surface area contributed by atoms with Gasteiger partial charge < -0.3 is 5.11 Å². The Morgan fingerprint density at radius 1 is 1.26 bits per heavy atom. The van der Waals surface area contributed by atoms with E-state index in [4.69, 9.17) is 5.11 Å². The van der Waals surface area contributed by atoms with Crippen LogP contribution in [0.25, 0.3) is 0 Å². The molecule has 2 atom stereocenters. The molecule has 3 nitrogen and oxygen atoms in total. The molecule has 1 N–H and O–H groups in total. The minimum atomic E-state index is -0.715. The standard InChI is InChI=1S/C16H20O3/c1-11-5-2-3-8-14(11)15(17)10-12-6-4-7-13(9-12)16(18)19/h2-3,5,8,12-13H,4,6-7,9-10H2,1H3,(H,18,19)/t12-,13+/m1/s1. The predicted molar refractivity (Wildman–Crippen MR) is 73.2 cm³/mol. The molecule has 0 heterocycles. The van der Waals surface area contributed by atoms with Crippen molar-refractivity contribution in [2.45, 2.75) is 39.0 Å². The third kappa shape index (κ3) is 3.43. The molecule has 0 saturated heterocycles. The van der Waals surface area contributed by atoms with E-state index in [0.717, 1.165) is 30.4 Å². The lowest BCUT2D eigenvalue weighted by atomic mass is 9.78. The highest BCUT2D eigenvalue weighted by molar-refractivity contribution is 5.97. The zero-order chi connectivity index (χ0) is 13.8. The van der Waals surface area contributed by atoms with Crippen LogP contribution in [0, 0.1) is 18.8 Å². The molecule has 1 fully saturated rings. The number of hydrogen-bond acceptors (Lipinski definition) is 2. The molecule has 0 aliphatic heterocycles. The number of aryl methyl sites for hydroxylation is 1. The van der Waals surface area contributed by atoms with Gasteiger partial charge >= 0.3 is 5.97 Å². The summed E-state index contributed by atoms with van der Waals surface area (Å²) < 4.78 is 0. The van der Waals surface area contributed by atoms with E-state index in [2.05, 4.69) is 0 Å². The maximum absolute atomic E-state index is 12.3. The van der Waals surface area contributed by atoms with E-state index in [1.165, 1.54) is 0 Å². The van der Waals surface area contributed by atoms with Crippen LogP contribution in [0.4, 0.5) is 0 Å². The minimum Gasteiger partial charge on any atom is -0.481 e. The molecule has 2 rings (SSSR count). The van der Waals surface area contributed by atoms with Crippen molar-refractivity contribution >= 4 is 11.8 Å². The first kappa shape index (κ1) is 13.8. The van der Waals surface area contributed by atoms with Crippen molar-refractivity contribution < 1.29 is 14.7 Å². The smallest absolute Gasteiger partial charge is 0.306 e. The SMILES string of the molecule is Cc1ccccc1C(=O)C[C@@H]1CCC[C@H](C(=O)O)C1. The Balaban J connectivity index is 1.99. The molecule has 0 radical (unpaired) electrons. The maximum atomic E-state index is 12.3. The van der Waals surface area contributed by atoms with E-state index < -0.39 is 5.97 Å². The number of ketones is 1. The van der Waals surface area contributed by atoms with E-state index in [-0.39, 0.29) is 17.6 Å². The van der Waals surface area contributed by atoms with Crippen LogP contribution in [0.1, 0.15) is 48.0 Å². The zero-order valence-corrected chi connectivity index (χ0v) is 11.3. The van der Waals surface area contributed by atoms with Crippen LogP contribution in [-0.4, -0.2) is 16.9 Å². The monoisotopic (exact) mass is 260 g/mol. The van der Waals surface area contributed by atoms with Gasteiger partial charge in [0.25, 0.3) is 0 Å². The largest absolute Gasteiger partial charge is 0.481 e. The molecule has 102 valence electrons. The van der Waals surface area contributed by atoms with Gasteiger partial charge in [-0.2, -0.15) is 0 Å². The van der Waals surface area contributed by atoms with Crippen molar-refractivity contribution in [3.63, 3.8) is 0 Å². The summed E-state index contributed by atoms with van der Waals surface area (Å²) in [5.74, 6) is -0.604. The lowest BCUT2D eigenvalue weighted by molar-refractivity contribution is -0.143. The number of hydrogen-bond donors (Lipinski definition) is 1. The van der Waals surface area contributed by atoms with Gasteiger partial charge in [-0.3, -0.25) is 9.59 Å². The highest BCUT2D eigenvalue weighted by Crippen LogP contribution is 2.32. The van der Waals surface area contributed by atoms with Gasteiger partial charge in [0.2, 0.25) is 0 Å². The lowest BCUT2D eigenvalue weighted by Crippen LogP contribution is -2.24. The molecular formula is C16H20O3. The van der Waals surface area contributed by atoms with Crippen molar-refractivity contribution in [2.24, 2.45) is 11.8 Å². The van der Waals surface area contributed by atoms with Crippen molar-refractivity contribution in [3.05, 3.63) is 35.4 Å². The van der Waals surface area contributed by atoms with Crippen LogP contribution in [0.2, 0.25) is 0 Å². The fraction of sp³-hybridized carbons (Fsp3) is 0.500.